The summed E-state index contributed by atoms with van der Waals surface area (Å²) >= 11 is 0. The topological polar surface area (TPSA) is 137 Å². The Hall–Kier alpha value is -0.280. The fourth-order valence-corrected chi connectivity index (χ4v) is 2.78. The quantitative estimate of drug-likeness (QED) is 0.402. The minimum absolute atomic E-state index is 0.0112. The maximum atomic E-state index is 10.0. The molecule has 2 fully saturated rings. The van der Waals surface area contributed by atoms with Crippen LogP contribution < -0.4 is 17.2 Å². The summed E-state index contributed by atoms with van der Waals surface area (Å²) in [5.74, 6) is 0. The molecule has 0 spiro atoms. The van der Waals surface area contributed by atoms with Crippen molar-refractivity contribution in [2.75, 3.05) is 6.54 Å². The van der Waals surface area contributed by atoms with E-state index in [2.05, 4.69) is 0 Å². The molecule has 2 rings (SSSR count). The van der Waals surface area contributed by atoms with E-state index in [9.17, 15) is 10.2 Å². The molecular formula is C12H25N3O4. The molecule has 0 amide bonds. The van der Waals surface area contributed by atoms with Gasteiger partial charge in [0.25, 0.3) is 0 Å². The molecule has 7 atom stereocenters. The standard InChI is InChI=1S/C12H25N3O4/c13-5-6-2-1-3-9(18-6)19-12-8(15)4-7(14)10(16)11(12)17/h6-12,16-17H,1-5,13-15H2/t6-,7+,8-,9+,10-,11+,12+/m0/s1. The number of aliphatic hydroxyl groups excluding tert-OH is 2. The summed E-state index contributed by atoms with van der Waals surface area (Å²) in [5.41, 5.74) is 17.2. The van der Waals surface area contributed by atoms with Crippen molar-refractivity contribution in [1.29, 1.82) is 0 Å². The molecule has 1 heterocycles. The first-order valence-electron chi connectivity index (χ1n) is 6.91. The third-order valence-electron chi connectivity index (χ3n) is 3.97. The van der Waals surface area contributed by atoms with Crippen molar-refractivity contribution in [3.8, 4) is 0 Å². The van der Waals surface area contributed by atoms with Gasteiger partial charge in [-0.3, -0.25) is 0 Å². The first-order valence-corrected chi connectivity index (χ1v) is 6.91. The van der Waals surface area contributed by atoms with Gasteiger partial charge in [-0.1, -0.05) is 0 Å². The second kappa shape index (κ2) is 6.45. The van der Waals surface area contributed by atoms with Crippen LogP contribution in [0, 0.1) is 0 Å². The maximum absolute atomic E-state index is 10.0. The minimum atomic E-state index is -1.08. The van der Waals surface area contributed by atoms with Crippen molar-refractivity contribution in [3.63, 3.8) is 0 Å². The van der Waals surface area contributed by atoms with Gasteiger partial charge >= 0.3 is 0 Å². The summed E-state index contributed by atoms with van der Waals surface area (Å²) in [6.45, 7) is 0.451. The normalized spacial score (nSPS) is 48.2. The Kier molecular flexibility index (Phi) is 5.13. The molecule has 1 aliphatic heterocycles. The first-order chi connectivity index (χ1) is 9.02. The Morgan fingerprint density at radius 3 is 2.53 bits per heavy atom. The summed E-state index contributed by atoms with van der Waals surface area (Å²) in [5, 5.41) is 19.8. The molecule has 7 heteroatoms. The second-order valence-electron chi connectivity index (χ2n) is 5.50. The number of nitrogens with two attached hydrogens (primary N) is 3. The molecular weight excluding hydrogens is 250 g/mol. The minimum Gasteiger partial charge on any atom is -0.389 e. The monoisotopic (exact) mass is 275 g/mol. The zero-order chi connectivity index (χ0) is 14.0. The number of rotatable bonds is 3. The number of hydrogen-bond acceptors (Lipinski definition) is 7. The molecule has 0 aromatic heterocycles. The molecule has 0 unspecified atom stereocenters. The van der Waals surface area contributed by atoms with E-state index < -0.39 is 36.7 Å². The highest BCUT2D eigenvalue weighted by atomic mass is 16.7. The molecule has 0 bridgehead atoms. The second-order valence-corrected chi connectivity index (χ2v) is 5.50. The zero-order valence-corrected chi connectivity index (χ0v) is 11.0. The Bertz CT molecular complexity index is 294. The van der Waals surface area contributed by atoms with Gasteiger partial charge in [-0.05, 0) is 25.7 Å². The summed E-state index contributed by atoms with van der Waals surface area (Å²) in [6.07, 6.45) is -0.145. The van der Waals surface area contributed by atoms with Crippen molar-refractivity contribution < 1.29 is 19.7 Å². The Labute approximate surface area is 113 Å². The molecule has 0 radical (unpaired) electrons. The third-order valence-corrected chi connectivity index (χ3v) is 3.97. The lowest BCUT2D eigenvalue weighted by Gasteiger charge is -2.42. The summed E-state index contributed by atoms with van der Waals surface area (Å²) in [7, 11) is 0. The average Bonchev–Trinajstić information content (AvgIpc) is 2.41. The highest BCUT2D eigenvalue weighted by Crippen LogP contribution is 2.26. The fourth-order valence-electron chi connectivity index (χ4n) is 2.78. The van der Waals surface area contributed by atoms with Crippen LogP contribution in [0.3, 0.4) is 0 Å². The average molecular weight is 275 g/mol. The predicted octanol–water partition coefficient (Wildman–Crippen LogP) is -1.99. The molecule has 19 heavy (non-hydrogen) atoms. The first kappa shape index (κ1) is 15.1. The van der Waals surface area contributed by atoms with E-state index in [1.807, 2.05) is 0 Å². The van der Waals surface area contributed by atoms with Crippen LogP contribution in [0.2, 0.25) is 0 Å². The largest absolute Gasteiger partial charge is 0.389 e. The highest BCUT2D eigenvalue weighted by Gasteiger charge is 2.42. The van der Waals surface area contributed by atoms with Crippen LogP contribution in [0.5, 0.6) is 0 Å². The fraction of sp³-hybridized carbons (Fsp3) is 1.00. The smallest absolute Gasteiger partial charge is 0.158 e. The molecule has 7 nitrogen and oxygen atoms in total. The van der Waals surface area contributed by atoms with Gasteiger partial charge in [-0.15, -0.1) is 0 Å². The van der Waals surface area contributed by atoms with Crippen LogP contribution in [-0.4, -0.2) is 59.5 Å². The van der Waals surface area contributed by atoms with E-state index in [-0.39, 0.29) is 6.10 Å². The Morgan fingerprint density at radius 2 is 1.84 bits per heavy atom. The number of aliphatic hydroxyl groups is 2. The van der Waals surface area contributed by atoms with Gasteiger partial charge < -0.3 is 36.9 Å². The van der Waals surface area contributed by atoms with Gasteiger partial charge in [0, 0.05) is 18.6 Å². The third kappa shape index (κ3) is 3.43. The summed E-state index contributed by atoms with van der Waals surface area (Å²) in [6, 6.07) is -0.927. The van der Waals surface area contributed by atoms with Crippen molar-refractivity contribution in [1.82, 2.24) is 0 Å². The molecule has 112 valence electrons. The molecule has 1 saturated carbocycles. The van der Waals surface area contributed by atoms with Crippen LogP contribution in [0.1, 0.15) is 25.7 Å². The van der Waals surface area contributed by atoms with Crippen LogP contribution in [-0.2, 0) is 9.47 Å². The van der Waals surface area contributed by atoms with Crippen molar-refractivity contribution >= 4 is 0 Å². The number of ether oxygens (including phenoxy) is 2. The maximum Gasteiger partial charge on any atom is 0.158 e. The van der Waals surface area contributed by atoms with Crippen molar-refractivity contribution in [2.45, 2.75) is 68.5 Å². The van der Waals surface area contributed by atoms with E-state index in [1.54, 1.807) is 0 Å². The van der Waals surface area contributed by atoms with Gasteiger partial charge in [-0.2, -0.15) is 0 Å². The van der Waals surface area contributed by atoms with Crippen LogP contribution in [0.4, 0.5) is 0 Å². The van der Waals surface area contributed by atoms with Gasteiger partial charge in [-0.25, -0.2) is 0 Å². The molecule has 8 N–H and O–H groups in total. The van der Waals surface area contributed by atoms with Gasteiger partial charge in [0.15, 0.2) is 6.29 Å². The number of hydrogen-bond donors (Lipinski definition) is 5. The van der Waals surface area contributed by atoms with Gasteiger partial charge in [0.2, 0.25) is 0 Å². The lowest BCUT2D eigenvalue weighted by molar-refractivity contribution is -0.245. The van der Waals surface area contributed by atoms with Gasteiger partial charge in [0.05, 0.1) is 12.2 Å². The van der Waals surface area contributed by atoms with E-state index in [0.29, 0.717) is 13.0 Å². The molecule has 0 aromatic rings. The van der Waals surface area contributed by atoms with Crippen molar-refractivity contribution in [2.24, 2.45) is 17.2 Å². The molecule has 0 aromatic carbocycles. The van der Waals surface area contributed by atoms with E-state index >= 15 is 0 Å². The van der Waals surface area contributed by atoms with Crippen LogP contribution in [0.15, 0.2) is 0 Å². The van der Waals surface area contributed by atoms with E-state index in [4.69, 9.17) is 26.7 Å². The lowest BCUT2D eigenvalue weighted by Crippen LogP contribution is -2.62. The lowest BCUT2D eigenvalue weighted by atomic mass is 9.84. The molecule has 1 saturated heterocycles. The Morgan fingerprint density at radius 1 is 1.11 bits per heavy atom. The van der Waals surface area contributed by atoms with Crippen molar-refractivity contribution in [3.05, 3.63) is 0 Å². The van der Waals surface area contributed by atoms with Crippen LogP contribution >= 0.6 is 0 Å². The summed E-state index contributed by atoms with van der Waals surface area (Å²) in [4.78, 5) is 0. The Balaban J connectivity index is 1.93. The summed E-state index contributed by atoms with van der Waals surface area (Å²) < 4.78 is 11.4. The molecule has 1 aliphatic carbocycles. The van der Waals surface area contributed by atoms with Crippen LogP contribution in [0.25, 0.3) is 0 Å². The molecule has 2 aliphatic rings. The highest BCUT2D eigenvalue weighted by molar-refractivity contribution is 4.97. The van der Waals surface area contributed by atoms with Gasteiger partial charge in [0.1, 0.15) is 12.2 Å². The van der Waals surface area contributed by atoms with E-state index in [0.717, 1.165) is 19.3 Å². The predicted molar refractivity (Wildman–Crippen MR) is 69.0 cm³/mol. The SMILES string of the molecule is NC[C@@H]1CCC[C@@H](O[C@H]2[C@H](O)[C@@H](O)[C@H](N)C[C@@H]2N)O1. The van der Waals surface area contributed by atoms with E-state index in [1.165, 1.54) is 0 Å². The zero-order valence-electron chi connectivity index (χ0n) is 11.0.